The molecule has 0 bridgehead atoms. The lowest BCUT2D eigenvalue weighted by Crippen LogP contribution is -2.44. The molecule has 2 aromatic rings. The average Bonchev–Trinajstić information content (AvgIpc) is 3.20. The van der Waals surface area contributed by atoms with Crippen molar-refractivity contribution >= 4 is 33.7 Å². The molecule has 29 heavy (non-hydrogen) atoms. The molecule has 1 fully saturated rings. The molecule has 3 rings (SSSR count). The number of amides is 1. The van der Waals surface area contributed by atoms with Crippen LogP contribution < -0.4 is 10.2 Å². The molecule has 1 aliphatic rings. The Morgan fingerprint density at radius 3 is 2.72 bits per heavy atom. The Morgan fingerprint density at radius 1 is 1.31 bits per heavy atom. The first-order chi connectivity index (χ1) is 13.8. The summed E-state index contributed by atoms with van der Waals surface area (Å²) in [6.07, 6.45) is 2.36. The summed E-state index contributed by atoms with van der Waals surface area (Å²) in [4.78, 5) is 12.6. The Balaban J connectivity index is 1.71. The largest absolute Gasteiger partial charge is 0.504 e. The molecule has 1 atom stereocenters. The first kappa shape index (κ1) is 21.1. The lowest BCUT2D eigenvalue weighted by atomic mass is 10.2. The monoisotopic (exact) mass is 437 g/mol. The number of halogens is 1. The molecule has 1 amide bonds. The summed E-state index contributed by atoms with van der Waals surface area (Å²) >= 11 is 5.83. The number of carbonyl (C=O) groups is 1. The highest BCUT2D eigenvalue weighted by Crippen LogP contribution is 2.27. The second kappa shape index (κ2) is 8.81. The van der Waals surface area contributed by atoms with Gasteiger partial charge >= 0.3 is 0 Å². The zero-order valence-electron chi connectivity index (χ0n) is 15.6. The highest BCUT2D eigenvalue weighted by atomic mass is 35.5. The van der Waals surface area contributed by atoms with Gasteiger partial charge in [-0.05, 0) is 60.9 Å². The molecule has 0 aromatic heterocycles. The first-order valence-electron chi connectivity index (χ1n) is 8.80. The van der Waals surface area contributed by atoms with Gasteiger partial charge in [-0.3, -0.25) is 4.79 Å². The molecule has 1 saturated heterocycles. The van der Waals surface area contributed by atoms with E-state index in [1.165, 1.54) is 48.0 Å². The number of nitrogens with one attached hydrogen (secondary N) is 1. The molecular weight excluding hydrogens is 418 g/mol. The number of hydrogen-bond donors (Lipinski definition) is 2. The summed E-state index contributed by atoms with van der Waals surface area (Å²) in [7, 11) is -2.40. The van der Waals surface area contributed by atoms with E-state index in [1.807, 2.05) is 0 Å². The molecule has 2 N–H and O–H groups in total. The Kier molecular flexibility index (Phi) is 6.41. The molecule has 0 unspecified atom stereocenters. The number of hydrazone groups is 1. The summed E-state index contributed by atoms with van der Waals surface area (Å²) in [5.74, 6) is -0.249. The molecule has 1 aliphatic heterocycles. The van der Waals surface area contributed by atoms with Gasteiger partial charge < -0.3 is 9.84 Å². The molecule has 8 nitrogen and oxygen atoms in total. The molecule has 0 spiro atoms. The molecule has 154 valence electrons. The lowest BCUT2D eigenvalue weighted by Gasteiger charge is -2.22. The van der Waals surface area contributed by atoms with Crippen molar-refractivity contribution in [3.8, 4) is 11.5 Å². The Morgan fingerprint density at radius 2 is 2.03 bits per heavy atom. The third kappa shape index (κ3) is 4.69. The Hall–Kier alpha value is -2.62. The van der Waals surface area contributed by atoms with Crippen LogP contribution >= 0.6 is 11.6 Å². The van der Waals surface area contributed by atoms with Gasteiger partial charge in [-0.15, -0.1) is 0 Å². The Bertz CT molecular complexity index is 1020. The number of aromatic hydroxyl groups is 1. The smallest absolute Gasteiger partial charge is 0.258 e. The van der Waals surface area contributed by atoms with Crippen LogP contribution in [0.25, 0.3) is 0 Å². The van der Waals surface area contributed by atoms with Gasteiger partial charge in [0, 0.05) is 11.6 Å². The van der Waals surface area contributed by atoms with Crippen molar-refractivity contribution < 1.29 is 23.1 Å². The number of sulfonamides is 1. The van der Waals surface area contributed by atoms with Crippen LogP contribution in [0.15, 0.2) is 52.5 Å². The third-order valence-electron chi connectivity index (χ3n) is 4.52. The van der Waals surface area contributed by atoms with E-state index in [0.29, 0.717) is 23.4 Å². The molecular formula is C19H20ClN3O5S. The molecule has 0 aliphatic carbocycles. The van der Waals surface area contributed by atoms with Crippen LogP contribution in [0.5, 0.6) is 11.5 Å². The SMILES string of the molecule is COc1cc(C=NNC(=O)[C@H]2CCCN2S(=O)(=O)c2ccc(Cl)cc2)ccc1O. The summed E-state index contributed by atoms with van der Waals surface area (Å²) in [5.41, 5.74) is 2.98. The number of phenols is 1. The van der Waals surface area contributed by atoms with E-state index >= 15 is 0 Å². The number of phenolic OH excluding ortho intramolecular Hbond substituents is 1. The van der Waals surface area contributed by atoms with Crippen LogP contribution in [0, 0.1) is 0 Å². The van der Waals surface area contributed by atoms with Crippen LogP contribution in [0.4, 0.5) is 0 Å². The minimum atomic E-state index is -3.82. The second-order valence-electron chi connectivity index (χ2n) is 6.39. The topological polar surface area (TPSA) is 108 Å². The zero-order valence-corrected chi connectivity index (χ0v) is 17.2. The highest BCUT2D eigenvalue weighted by Gasteiger charge is 2.39. The van der Waals surface area contributed by atoms with Crippen molar-refractivity contribution in [2.75, 3.05) is 13.7 Å². The van der Waals surface area contributed by atoms with Crippen LogP contribution in [-0.4, -0.2) is 49.6 Å². The summed E-state index contributed by atoms with van der Waals surface area (Å²) < 4.78 is 32.0. The third-order valence-corrected chi connectivity index (χ3v) is 6.69. The standard InChI is InChI=1S/C19H20ClN3O5S/c1-28-18-11-13(4-9-17(18)24)12-21-22-19(25)16-3-2-10-23(16)29(26,27)15-7-5-14(20)6-8-15/h4-9,11-12,16,24H,2-3,10H2,1H3,(H,22,25)/t16-/m1/s1. The van der Waals surface area contributed by atoms with Crippen LogP contribution in [-0.2, 0) is 14.8 Å². The van der Waals surface area contributed by atoms with E-state index < -0.39 is 22.0 Å². The van der Waals surface area contributed by atoms with Crippen LogP contribution in [0.3, 0.4) is 0 Å². The van der Waals surface area contributed by atoms with Crippen molar-refractivity contribution in [2.45, 2.75) is 23.8 Å². The van der Waals surface area contributed by atoms with Gasteiger partial charge in [0.2, 0.25) is 10.0 Å². The maximum absolute atomic E-state index is 12.9. The average molecular weight is 438 g/mol. The van der Waals surface area contributed by atoms with Crippen molar-refractivity contribution in [1.29, 1.82) is 0 Å². The number of nitrogens with zero attached hydrogens (tertiary/aromatic N) is 2. The number of rotatable bonds is 6. The minimum absolute atomic E-state index is 0.0114. The number of methoxy groups -OCH3 is 1. The van der Waals surface area contributed by atoms with Gasteiger partial charge in [0.25, 0.3) is 5.91 Å². The highest BCUT2D eigenvalue weighted by molar-refractivity contribution is 7.89. The predicted molar refractivity (Wildman–Crippen MR) is 109 cm³/mol. The molecule has 2 aromatic carbocycles. The van der Waals surface area contributed by atoms with E-state index in [0.717, 1.165) is 0 Å². The summed E-state index contributed by atoms with van der Waals surface area (Å²) in [5, 5.41) is 13.9. The van der Waals surface area contributed by atoms with Gasteiger partial charge in [-0.2, -0.15) is 9.41 Å². The number of hydrogen-bond acceptors (Lipinski definition) is 6. The fraction of sp³-hybridized carbons (Fsp3) is 0.263. The molecule has 0 radical (unpaired) electrons. The quantitative estimate of drug-likeness (QED) is 0.532. The maximum atomic E-state index is 12.9. The second-order valence-corrected chi connectivity index (χ2v) is 8.72. The van der Waals surface area contributed by atoms with E-state index in [4.69, 9.17) is 16.3 Å². The van der Waals surface area contributed by atoms with E-state index in [1.54, 1.807) is 12.1 Å². The molecule has 0 saturated carbocycles. The first-order valence-corrected chi connectivity index (χ1v) is 10.6. The van der Waals surface area contributed by atoms with Crippen molar-refractivity contribution in [1.82, 2.24) is 9.73 Å². The van der Waals surface area contributed by atoms with Crippen LogP contribution in [0.2, 0.25) is 5.02 Å². The van der Waals surface area contributed by atoms with Gasteiger partial charge in [0.1, 0.15) is 6.04 Å². The van der Waals surface area contributed by atoms with Crippen molar-refractivity contribution in [3.05, 3.63) is 53.1 Å². The predicted octanol–water partition coefficient (Wildman–Crippen LogP) is 2.36. The van der Waals surface area contributed by atoms with E-state index in [-0.39, 0.29) is 22.9 Å². The minimum Gasteiger partial charge on any atom is -0.504 e. The summed E-state index contributed by atoms with van der Waals surface area (Å²) in [6, 6.07) is 9.58. The Labute approximate surface area is 173 Å². The maximum Gasteiger partial charge on any atom is 0.258 e. The molecule has 1 heterocycles. The number of ether oxygens (including phenoxy) is 1. The molecule has 10 heteroatoms. The van der Waals surface area contributed by atoms with Gasteiger partial charge in [0.15, 0.2) is 11.5 Å². The van der Waals surface area contributed by atoms with Crippen LogP contribution in [0.1, 0.15) is 18.4 Å². The van der Waals surface area contributed by atoms with Gasteiger partial charge in [0.05, 0.1) is 18.2 Å². The van der Waals surface area contributed by atoms with Crippen molar-refractivity contribution in [2.24, 2.45) is 5.10 Å². The van der Waals surface area contributed by atoms with E-state index in [2.05, 4.69) is 10.5 Å². The van der Waals surface area contributed by atoms with E-state index in [9.17, 15) is 18.3 Å². The van der Waals surface area contributed by atoms with Gasteiger partial charge in [-0.25, -0.2) is 13.8 Å². The zero-order chi connectivity index (χ0) is 21.0. The van der Waals surface area contributed by atoms with Gasteiger partial charge in [-0.1, -0.05) is 11.6 Å². The summed E-state index contributed by atoms with van der Waals surface area (Å²) in [6.45, 7) is 0.252. The fourth-order valence-corrected chi connectivity index (χ4v) is 4.83. The lowest BCUT2D eigenvalue weighted by molar-refractivity contribution is -0.124. The van der Waals surface area contributed by atoms with Crippen molar-refractivity contribution in [3.63, 3.8) is 0 Å². The fourth-order valence-electron chi connectivity index (χ4n) is 3.05. The number of carbonyl (C=O) groups excluding carboxylic acids is 1. The normalized spacial score (nSPS) is 17.5. The number of benzene rings is 2.